The fourth-order valence-corrected chi connectivity index (χ4v) is 3.46. The maximum Gasteiger partial charge on any atom is 0.407 e. The number of carbonyl (C=O) groups is 1. The summed E-state index contributed by atoms with van der Waals surface area (Å²) in [7, 11) is 0. The van der Waals surface area contributed by atoms with Crippen molar-refractivity contribution in [1.82, 2.24) is 9.88 Å². The Labute approximate surface area is 128 Å². The first-order chi connectivity index (χ1) is 10.0. The van der Waals surface area contributed by atoms with E-state index >= 15 is 0 Å². The fourth-order valence-electron chi connectivity index (χ4n) is 3.27. The van der Waals surface area contributed by atoms with Crippen LogP contribution in [-0.4, -0.2) is 52.9 Å². The van der Waals surface area contributed by atoms with E-state index in [4.69, 9.17) is 16.3 Å². The van der Waals surface area contributed by atoms with Gasteiger partial charge in [0.1, 0.15) is 5.82 Å². The Bertz CT molecular complexity index is 581. The third kappa shape index (κ3) is 2.37. The first kappa shape index (κ1) is 14.3. The van der Waals surface area contributed by atoms with Crippen LogP contribution in [0.5, 0.6) is 5.75 Å². The summed E-state index contributed by atoms with van der Waals surface area (Å²) in [6.45, 7) is 5.44. The van der Waals surface area contributed by atoms with Crippen LogP contribution in [0.1, 0.15) is 19.4 Å². The van der Waals surface area contributed by atoms with E-state index in [1.807, 2.05) is 19.9 Å². The van der Waals surface area contributed by atoms with E-state index in [0.717, 1.165) is 17.8 Å². The predicted octanol–water partition coefficient (Wildman–Crippen LogP) is 2.25. The van der Waals surface area contributed by atoms with Gasteiger partial charge in [0, 0.05) is 24.7 Å². The van der Waals surface area contributed by atoms with Gasteiger partial charge in [-0.1, -0.05) is 11.6 Å². The zero-order valence-corrected chi connectivity index (χ0v) is 12.8. The van der Waals surface area contributed by atoms with E-state index < -0.39 is 6.09 Å². The minimum Gasteiger partial charge on any atom is -0.491 e. The molecule has 1 saturated heterocycles. The molecule has 1 N–H and O–H groups in total. The molecular weight excluding hydrogens is 294 g/mol. The van der Waals surface area contributed by atoms with E-state index in [9.17, 15) is 9.90 Å². The summed E-state index contributed by atoms with van der Waals surface area (Å²) >= 11 is 6.18. The van der Waals surface area contributed by atoms with Crippen molar-refractivity contribution in [2.75, 3.05) is 24.6 Å². The van der Waals surface area contributed by atoms with Gasteiger partial charge in [-0.2, -0.15) is 0 Å². The molecule has 2 aliphatic rings. The number of aromatic nitrogens is 1. The Morgan fingerprint density at radius 3 is 3.00 bits per heavy atom. The monoisotopic (exact) mass is 311 g/mol. The normalized spacial score (nSPS) is 23.8. The summed E-state index contributed by atoms with van der Waals surface area (Å²) in [5.41, 5.74) is 1.08. The summed E-state index contributed by atoms with van der Waals surface area (Å²) < 4.78 is 5.48. The smallest absolute Gasteiger partial charge is 0.407 e. The lowest BCUT2D eigenvalue weighted by Gasteiger charge is -2.42. The molecule has 0 aromatic carbocycles. The van der Waals surface area contributed by atoms with Crippen molar-refractivity contribution in [3.63, 3.8) is 0 Å². The quantitative estimate of drug-likeness (QED) is 0.849. The number of fused-ring (bicyclic) bond motifs is 3. The lowest BCUT2D eigenvalue weighted by Crippen LogP contribution is -2.57. The topological polar surface area (TPSA) is 65.9 Å². The molecule has 2 aliphatic heterocycles. The van der Waals surface area contributed by atoms with E-state index in [-0.39, 0.29) is 12.1 Å². The van der Waals surface area contributed by atoms with Crippen LogP contribution >= 0.6 is 11.6 Å². The third-order valence-electron chi connectivity index (χ3n) is 4.05. The molecule has 0 bridgehead atoms. The molecule has 21 heavy (non-hydrogen) atoms. The number of hydrogen-bond acceptors (Lipinski definition) is 4. The lowest BCUT2D eigenvalue weighted by atomic mass is 10.1. The van der Waals surface area contributed by atoms with Gasteiger partial charge in [-0.05, 0) is 26.3 Å². The van der Waals surface area contributed by atoms with Crippen LogP contribution in [-0.2, 0) is 6.42 Å². The van der Waals surface area contributed by atoms with Crippen LogP contribution in [0.2, 0.25) is 5.15 Å². The highest BCUT2D eigenvalue weighted by Gasteiger charge is 2.41. The molecule has 1 aromatic heterocycles. The van der Waals surface area contributed by atoms with Crippen molar-refractivity contribution in [1.29, 1.82) is 0 Å². The third-order valence-corrected chi connectivity index (χ3v) is 4.33. The average molecular weight is 312 g/mol. The van der Waals surface area contributed by atoms with Gasteiger partial charge in [-0.3, -0.25) is 0 Å². The average Bonchev–Trinajstić information content (AvgIpc) is 2.77. The van der Waals surface area contributed by atoms with Gasteiger partial charge in [-0.25, -0.2) is 9.78 Å². The number of rotatable bonds is 2. The van der Waals surface area contributed by atoms with Crippen LogP contribution in [0.4, 0.5) is 10.6 Å². The van der Waals surface area contributed by atoms with Gasteiger partial charge in [0.2, 0.25) is 0 Å². The highest BCUT2D eigenvalue weighted by Crippen LogP contribution is 2.39. The van der Waals surface area contributed by atoms with Gasteiger partial charge in [0.25, 0.3) is 0 Å². The fraction of sp³-hybridized carbons (Fsp3) is 0.571. The Morgan fingerprint density at radius 1 is 1.57 bits per heavy atom. The predicted molar refractivity (Wildman–Crippen MR) is 79.4 cm³/mol. The molecule has 0 radical (unpaired) electrons. The second kappa shape index (κ2) is 5.26. The van der Waals surface area contributed by atoms with Crippen LogP contribution in [0.25, 0.3) is 0 Å². The first-order valence-corrected chi connectivity index (χ1v) is 7.47. The molecule has 3 rings (SSSR count). The Kier molecular flexibility index (Phi) is 3.57. The molecule has 2 atom stereocenters. The number of nitrogens with zero attached hydrogens (tertiary/aromatic N) is 3. The molecule has 6 nitrogen and oxygen atoms in total. The molecule has 1 fully saturated rings. The number of amides is 1. The number of ether oxygens (including phenoxy) is 1. The van der Waals surface area contributed by atoms with Crippen LogP contribution < -0.4 is 9.64 Å². The molecule has 114 valence electrons. The maximum atomic E-state index is 11.2. The van der Waals surface area contributed by atoms with Gasteiger partial charge in [0.15, 0.2) is 10.9 Å². The second-order valence-corrected chi connectivity index (χ2v) is 5.85. The van der Waals surface area contributed by atoms with Crippen molar-refractivity contribution in [2.45, 2.75) is 32.4 Å². The SMILES string of the molecule is CCOc1cc2c(nc1Cl)N1[C@H](C2)CN(C(=O)O)C[C@H]1C. The highest BCUT2D eigenvalue weighted by atomic mass is 35.5. The summed E-state index contributed by atoms with van der Waals surface area (Å²) in [5, 5.41) is 9.57. The molecule has 0 unspecified atom stereocenters. The minimum atomic E-state index is -0.863. The Hall–Kier alpha value is -1.69. The number of piperazine rings is 1. The molecule has 1 aromatic rings. The van der Waals surface area contributed by atoms with Crippen molar-refractivity contribution in [3.05, 3.63) is 16.8 Å². The largest absolute Gasteiger partial charge is 0.491 e. The van der Waals surface area contributed by atoms with Crippen molar-refractivity contribution in [3.8, 4) is 5.75 Å². The van der Waals surface area contributed by atoms with Gasteiger partial charge >= 0.3 is 6.09 Å². The minimum absolute atomic E-state index is 0.0858. The number of carboxylic acid groups (broad SMARTS) is 1. The molecule has 1 amide bonds. The first-order valence-electron chi connectivity index (χ1n) is 7.09. The second-order valence-electron chi connectivity index (χ2n) is 5.49. The molecule has 3 heterocycles. The Morgan fingerprint density at radius 2 is 2.33 bits per heavy atom. The van der Waals surface area contributed by atoms with Crippen LogP contribution in [0, 0.1) is 0 Å². The van der Waals surface area contributed by atoms with Gasteiger partial charge < -0.3 is 19.6 Å². The molecule has 7 heteroatoms. The maximum absolute atomic E-state index is 11.2. The lowest BCUT2D eigenvalue weighted by molar-refractivity contribution is 0.128. The highest BCUT2D eigenvalue weighted by molar-refractivity contribution is 6.31. The van der Waals surface area contributed by atoms with Crippen LogP contribution in [0.3, 0.4) is 0 Å². The number of anilines is 1. The molecule has 0 aliphatic carbocycles. The van der Waals surface area contributed by atoms with Gasteiger partial charge in [-0.15, -0.1) is 0 Å². The van der Waals surface area contributed by atoms with Crippen LogP contribution in [0.15, 0.2) is 6.07 Å². The number of halogens is 1. The van der Waals surface area contributed by atoms with E-state index in [2.05, 4.69) is 9.88 Å². The number of pyridine rings is 1. The summed E-state index contributed by atoms with van der Waals surface area (Å²) in [5.74, 6) is 1.46. The zero-order chi connectivity index (χ0) is 15.1. The summed E-state index contributed by atoms with van der Waals surface area (Å²) in [6.07, 6.45) is -0.0910. The van der Waals surface area contributed by atoms with E-state index in [0.29, 0.717) is 30.6 Å². The van der Waals surface area contributed by atoms with Crippen molar-refractivity contribution >= 4 is 23.5 Å². The molecule has 0 saturated carbocycles. The van der Waals surface area contributed by atoms with Gasteiger partial charge in [0.05, 0.1) is 12.6 Å². The molecular formula is C14H18ClN3O3. The van der Waals surface area contributed by atoms with Crippen molar-refractivity contribution in [2.24, 2.45) is 0 Å². The standard InChI is InChI=1S/C14H18ClN3O3/c1-3-21-11-5-9-4-10-7-17(14(19)20)6-8(2)18(10)13(9)16-12(11)15/h5,8,10H,3-4,6-7H2,1-2H3,(H,19,20)/t8-,10-/m1/s1. The van der Waals surface area contributed by atoms with E-state index in [1.54, 1.807) is 0 Å². The Balaban J connectivity index is 1.92. The van der Waals surface area contributed by atoms with Crippen molar-refractivity contribution < 1.29 is 14.6 Å². The number of hydrogen-bond donors (Lipinski definition) is 1. The summed E-state index contributed by atoms with van der Waals surface area (Å²) in [4.78, 5) is 19.3. The van der Waals surface area contributed by atoms with E-state index in [1.165, 1.54) is 4.90 Å². The zero-order valence-electron chi connectivity index (χ0n) is 12.0. The molecule has 0 spiro atoms. The summed E-state index contributed by atoms with van der Waals surface area (Å²) in [6, 6.07) is 2.15.